The van der Waals surface area contributed by atoms with E-state index < -0.39 is 34.8 Å². The lowest BCUT2D eigenvalue weighted by molar-refractivity contribution is 0.0635. The molecule has 1 N–H and O–H groups in total. The third kappa shape index (κ3) is 4.77. The summed E-state index contributed by atoms with van der Waals surface area (Å²) in [5.41, 5.74) is -0.494. The van der Waals surface area contributed by atoms with Gasteiger partial charge in [-0.1, -0.05) is 13.3 Å². The molecule has 0 spiro atoms. The van der Waals surface area contributed by atoms with Gasteiger partial charge in [0.05, 0.1) is 17.6 Å². The Morgan fingerprint density at radius 2 is 1.85 bits per heavy atom. The molecule has 1 heterocycles. The molecular weight excluding hydrogens is 347 g/mol. The van der Waals surface area contributed by atoms with Crippen LogP contribution in [0.3, 0.4) is 0 Å². The van der Waals surface area contributed by atoms with Gasteiger partial charge in [-0.25, -0.2) is 22.6 Å². The molecule has 0 saturated carbocycles. The molecule has 0 fully saturated rings. The highest BCUT2D eigenvalue weighted by Gasteiger charge is 2.22. The topological polar surface area (TPSA) is 56.1 Å². The average molecular weight is 369 g/mol. The molecule has 0 radical (unpaired) electrons. The summed E-state index contributed by atoms with van der Waals surface area (Å²) in [6.45, 7) is 7.12. The molecule has 26 heavy (non-hydrogen) atoms. The van der Waals surface area contributed by atoms with Gasteiger partial charge in [0.15, 0.2) is 11.6 Å². The minimum atomic E-state index is -1.08. The van der Waals surface area contributed by atoms with E-state index in [9.17, 15) is 18.0 Å². The van der Waals surface area contributed by atoms with Crippen LogP contribution < -0.4 is 5.32 Å². The second-order valence-electron chi connectivity index (χ2n) is 6.87. The first-order valence-electron chi connectivity index (χ1n) is 8.34. The summed E-state index contributed by atoms with van der Waals surface area (Å²) in [7, 11) is 0. The number of benzene rings is 1. The SMILES string of the molecule is CCCCc1c(NC(=O)OC(C)(C)C)cnn1-c1c(F)cc(F)cc1F. The van der Waals surface area contributed by atoms with E-state index >= 15 is 0 Å². The molecule has 142 valence electrons. The minimum Gasteiger partial charge on any atom is -0.444 e. The number of halogens is 3. The zero-order valence-electron chi connectivity index (χ0n) is 15.2. The first-order chi connectivity index (χ1) is 12.1. The monoisotopic (exact) mass is 369 g/mol. The summed E-state index contributed by atoms with van der Waals surface area (Å²) in [4.78, 5) is 12.0. The molecule has 0 saturated heterocycles. The van der Waals surface area contributed by atoms with Crippen molar-refractivity contribution in [2.45, 2.75) is 52.6 Å². The number of anilines is 1. The maximum Gasteiger partial charge on any atom is 0.412 e. The lowest BCUT2D eigenvalue weighted by Gasteiger charge is -2.19. The fourth-order valence-corrected chi connectivity index (χ4v) is 2.41. The summed E-state index contributed by atoms with van der Waals surface area (Å²) >= 11 is 0. The van der Waals surface area contributed by atoms with E-state index in [0.717, 1.165) is 11.1 Å². The van der Waals surface area contributed by atoms with E-state index in [0.29, 0.717) is 30.7 Å². The van der Waals surface area contributed by atoms with Gasteiger partial charge in [0, 0.05) is 12.1 Å². The molecule has 8 heteroatoms. The van der Waals surface area contributed by atoms with Crippen LogP contribution in [0, 0.1) is 17.5 Å². The summed E-state index contributed by atoms with van der Waals surface area (Å²) in [6, 6.07) is 1.18. The van der Waals surface area contributed by atoms with Gasteiger partial charge in [0.1, 0.15) is 17.1 Å². The van der Waals surface area contributed by atoms with Gasteiger partial charge in [-0.3, -0.25) is 5.32 Å². The molecule has 0 unspecified atom stereocenters. The number of unbranched alkanes of at least 4 members (excludes halogenated alkanes) is 1. The highest BCUT2D eigenvalue weighted by molar-refractivity contribution is 5.85. The Kier molecular flexibility index (Phi) is 5.94. The Labute approximate surface area is 150 Å². The van der Waals surface area contributed by atoms with Gasteiger partial charge in [-0.2, -0.15) is 5.10 Å². The molecule has 5 nitrogen and oxygen atoms in total. The zero-order valence-corrected chi connectivity index (χ0v) is 15.2. The summed E-state index contributed by atoms with van der Waals surface area (Å²) in [5, 5.41) is 6.54. The zero-order chi connectivity index (χ0) is 19.5. The number of rotatable bonds is 5. The highest BCUT2D eigenvalue weighted by atomic mass is 19.1. The Balaban J connectivity index is 2.43. The van der Waals surface area contributed by atoms with Crippen molar-refractivity contribution in [1.82, 2.24) is 9.78 Å². The molecule has 2 rings (SSSR count). The number of aromatic nitrogens is 2. The van der Waals surface area contributed by atoms with Gasteiger partial charge in [0.2, 0.25) is 0 Å². The van der Waals surface area contributed by atoms with Gasteiger partial charge < -0.3 is 4.74 Å². The Bertz CT molecular complexity index is 774. The molecule has 0 aliphatic rings. The molecule has 1 aromatic carbocycles. The average Bonchev–Trinajstić information content (AvgIpc) is 2.84. The van der Waals surface area contributed by atoms with Gasteiger partial charge in [-0.15, -0.1) is 0 Å². The van der Waals surface area contributed by atoms with Crippen LogP contribution in [0.5, 0.6) is 0 Å². The van der Waals surface area contributed by atoms with Crippen LogP contribution in [0.1, 0.15) is 46.2 Å². The summed E-state index contributed by atoms with van der Waals surface area (Å²) in [6.07, 6.45) is 2.54. The number of ether oxygens (including phenoxy) is 1. The van der Waals surface area contributed by atoms with Gasteiger partial charge in [-0.05, 0) is 33.6 Å². The molecule has 0 bridgehead atoms. The van der Waals surface area contributed by atoms with Crippen molar-refractivity contribution >= 4 is 11.8 Å². The van der Waals surface area contributed by atoms with Crippen molar-refractivity contribution < 1.29 is 22.7 Å². The lowest BCUT2D eigenvalue weighted by Crippen LogP contribution is -2.27. The van der Waals surface area contributed by atoms with Crippen LogP contribution >= 0.6 is 0 Å². The van der Waals surface area contributed by atoms with Gasteiger partial charge in [0.25, 0.3) is 0 Å². The first kappa shape index (κ1) is 19.8. The van der Waals surface area contributed by atoms with E-state index in [2.05, 4.69) is 10.4 Å². The lowest BCUT2D eigenvalue weighted by atomic mass is 10.1. The van der Waals surface area contributed by atoms with Crippen LogP contribution in [-0.4, -0.2) is 21.5 Å². The predicted octanol–water partition coefficient (Wildman–Crippen LogP) is 4.98. The van der Waals surface area contributed by atoms with E-state index in [1.165, 1.54) is 6.20 Å². The van der Waals surface area contributed by atoms with Crippen LogP contribution in [0.4, 0.5) is 23.7 Å². The van der Waals surface area contributed by atoms with E-state index in [1.54, 1.807) is 20.8 Å². The minimum absolute atomic E-state index is 0.288. The van der Waals surface area contributed by atoms with E-state index in [4.69, 9.17) is 4.74 Å². The smallest absolute Gasteiger partial charge is 0.412 e. The van der Waals surface area contributed by atoms with E-state index in [1.807, 2.05) is 6.92 Å². The third-order valence-corrected chi connectivity index (χ3v) is 3.47. The number of amides is 1. The summed E-state index contributed by atoms with van der Waals surface area (Å²) < 4.78 is 47.7. The first-order valence-corrected chi connectivity index (χ1v) is 8.34. The number of nitrogens with one attached hydrogen (secondary N) is 1. The van der Waals surface area contributed by atoms with Gasteiger partial charge >= 0.3 is 6.09 Å². The van der Waals surface area contributed by atoms with E-state index in [-0.39, 0.29) is 5.69 Å². The second-order valence-corrected chi connectivity index (χ2v) is 6.87. The maximum absolute atomic E-state index is 14.1. The summed E-state index contributed by atoms with van der Waals surface area (Å²) in [5.74, 6) is -3.17. The van der Waals surface area contributed by atoms with Crippen LogP contribution in [-0.2, 0) is 11.2 Å². The van der Waals surface area contributed by atoms with Crippen LogP contribution in [0.25, 0.3) is 5.69 Å². The Hall–Kier alpha value is -2.51. The standard InChI is InChI=1S/C18H22F3N3O2/c1-5-6-7-15-14(23-17(25)26-18(2,3)4)10-22-24(15)16-12(20)8-11(19)9-13(16)21/h8-10H,5-7H2,1-4H3,(H,23,25). The van der Waals surface area contributed by atoms with Crippen molar-refractivity contribution in [3.8, 4) is 5.69 Å². The number of carbonyl (C=O) groups is 1. The third-order valence-electron chi connectivity index (χ3n) is 3.47. The number of hydrogen-bond acceptors (Lipinski definition) is 3. The molecule has 1 amide bonds. The number of hydrogen-bond donors (Lipinski definition) is 1. The Morgan fingerprint density at radius 3 is 2.38 bits per heavy atom. The van der Waals surface area contributed by atoms with Crippen molar-refractivity contribution in [3.05, 3.63) is 41.5 Å². The molecule has 0 aliphatic carbocycles. The normalized spacial score (nSPS) is 11.5. The van der Waals surface area contributed by atoms with Crippen molar-refractivity contribution in [3.63, 3.8) is 0 Å². The number of nitrogens with zero attached hydrogens (tertiary/aromatic N) is 2. The van der Waals surface area contributed by atoms with Crippen molar-refractivity contribution in [2.75, 3.05) is 5.32 Å². The van der Waals surface area contributed by atoms with Crippen LogP contribution in [0.2, 0.25) is 0 Å². The molecular formula is C18H22F3N3O2. The fourth-order valence-electron chi connectivity index (χ4n) is 2.41. The predicted molar refractivity (Wildman–Crippen MR) is 91.9 cm³/mol. The Morgan fingerprint density at radius 1 is 1.23 bits per heavy atom. The number of carbonyl (C=O) groups excluding carboxylic acids is 1. The fraction of sp³-hybridized carbons (Fsp3) is 0.444. The van der Waals surface area contributed by atoms with Crippen molar-refractivity contribution in [1.29, 1.82) is 0 Å². The highest BCUT2D eigenvalue weighted by Crippen LogP contribution is 2.26. The van der Waals surface area contributed by atoms with Crippen LogP contribution in [0.15, 0.2) is 18.3 Å². The molecule has 0 aliphatic heterocycles. The maximum atomic E-state index is 14.1. The molecule has 1 aromatic heterocycles. The molecule has 2 aromatic rings. The van der Waals surface area contributed by atoms with Crippen molar-refractivity contribution in [2.24, 2.45) is 0 Å². The second kappa shape index (κ2) is 7.80. The molecule has 0 atom stereocenters. The largest absolute Gasteiger partial charge is 0.444 e. The quantitative estimate of drug-likeness (QED) is 0.809.